The Bertz CT molecular complexity index is 634. The molecule has 1 N–H and O–H groups in total. The number of aliphatic carboxylic acids is 1. The van der Waals surface area contributed by atoms with Crippen molar-refractivity contribution < 1.29 is 14.7 Å². The fourth-order valence-corrected chi connectivity index (χ4v) is 3.72. The van der Waals surface area contributed by atoms with Crippen LogP contribution in [0.4, 0.5) is 0 Å². The number of amides is 1. The number of halogens is 1. The van der Waals surface area contributed by atoms with E-state index in [1.807, 2.05) is 19.1 Å². The number of carboxylic acids is 1. The molecule has 2 fully saturated rings. The van der Waals surface area contributed by atoms with Crippen molar-refractivity contribution in [2.45, 2.75) is 32.4 Å². The number of carbonyl (C=O) groups is 2. The Labute approximate surface area is 140 Å². The summed E-state index contributed by atoms with van der Waals surface area (Å²) in [5, 5.41) is 9.87. The van der Waals surface area contributed by atoms with E-state index in [2.05, 4.69) is 11.0 Å². The van der Waals surface area contributed by atoms with Crippen molar-refractivity contribution >= 4 is 23.5 Å². The Morgan fingerprint density at radius 1 is 1.39 bits per heavy atom. The van der Waals surface area contributed by atoms with Crippen LogP contribution in [0.3, 0.4) is 0 Å². The molecule has 0 aliphatic carbocycles. The van der Waals surface area contributed by atoms with Gasteiger partial charge in [-0.05, 0) is 30.5 Å². The van der Waals surface area contributed by atoms with Gasteiger partial charge >= 0.3 is 5.97 Å². The number of nitrogens with zero attached hydrogens (tertiary/aromatic N) is 2. The lowest BCUT2D eigenvalue weighted by Crippen LogP contribution is -2.39. The lowest BCUT2D eigenvalue weighted by molar-refractivity contribution is -0.141. The Kier molecular flexibility index (Phi) is 4.60. The summed E-state index contributed by atoms with van der Waals surface area (Å²) in [6.07, 6.45) is 1.04. The number of likely N-dealkylation sites (tertiary alicyclic amines) is 2. The van der Waals surface area contributed by atoms with Crippen LogP contribution in [0.5, 0.6) is 0 Å². The van der Waals surface area contributed by atoms with Crippen molar-refractivity contribution in [3.63, 3.8) is 0 Å². The molecule has 1 aromatic carbocycles. The molecule has 1 aromatic rings. The van der Waals surface area contributed by atoms with Gasteiger partial charge in [0.05, 0.1) is 5.92 Å². The molecule has 0 spiro atoms. The number of rotatable bonds is 4. The standard InChI is InChI=1S/C17H21ClN2O3/c1-11-12(3-2-4-15(11)18)8-19-6-5-14(10-19)20-9-13(17(22)23)7-16(20)21/h2-4,13-14H,5-10H2,1H3,(H,22,23). The minimum absolute atomic E-state index is 0.0248. The van der Waals surface area contributed by atoms with Crippen LogP contribution < -0.4 is 0 Å². The molecule has 3 rings (SSSR count). The second-order valence-corrected chi connectivity index (χ2v) is 6.89. The van der Waals surface area contributed by atoms with Crippen LogP contribution in [0.25, 0.3) is 0 Å². The largest absolute Gasteiger partial charge is 0.481 e. The molecule has 0 bridgehead atoms. The first-order valence-electron chi connectivity index (χ1n) is 7.94. The topological polar surface area (TPSA) is 60.9 Å². The summed E-state index contributed by atoms with van der Waals surface area (Å²) in [6, 6.07) is 6.06. The molecular weight excluding hydrogens is 316 g/mol. The van der Waals surface area contributed by atoms with Gasteiger partial charge in [-0.15, -0.1) is 0 Å². The van der Waals surface area contributed by atoms with Gasteiger partial charge in [0.25, 0.3) is 0 Å². The quantitative estimate of drug-likeness (QED) is 0.915. The molecule has 6 heteroatoms. The molecule has 5 nitrogen and oxygen atoms in total. The van der Waals surface area contributed by atoms with Crippen LogP contribution in [0, 0.1) is 12.8 Å². The first kappa shape index (κ1) is 16.3. The van der Waals surface area contributed by atoms with E-state index in [0.29, 0.717) is 6.54 Å². The summed E-state index contributed by atoms with van der Waals surface area (Å²) in [5.74, 6) is -1.44. The predicted molar refractivity (Wildman–Crippen MR) is 87.3 cm³/mol. The van der Waals surface area contributed by atoms with Crippen molar-refractivity contribution in [2.75, 3.05) is 19.6 Å². The number of hydrogen-bond donors (Lipinski definition) is 1. The maximum Gasteiger partial charge on any atom is 0.308 e. The average Bonchev–Trinajstić information content (AvgIpc) is 3.10. The molecule has 23 heavy (non-hydrogen) atoms. The molecule has 2 atom stereocenters. The van der Waals surface area contributed by atoms with E-state index < -0.39 is 11.9 Å². The van der Waals surface area contributed by atoms with Gasteiger partial charge in [0, 0.05) is 43.7 Å². The van der Waals surface area contributed by atoms with E-state index in [-0.39, 0.29) is 18.4 Å². The fraction of sp³-hybridized carbons (Fsp3) is 0.529. The number of benzene rings is 1. The molecule has 2 unspecified atom stereocenters. The van der Waals surface area contributed by atoms with E-state index >= 15 is 0 Å². The van der Waals surface area contributed by atoms with Gasteiger partial charge in [-0.1, -0.05) is 23.7 Å². The maximum atomic E-state index is 12.1. The van der Waals surface area contributed by atoms with Gasteiger partial charge in [-0.3, -0.25) is 14.5 Å². The molecule has 0 saturated carbocycles. The van der Waals surface area contributed by atoms with Crippen LogP contribution >= 0.6 is 11.6 Å². The molecule has 124 valence electrons. The van der Waals surface area contributed by atoms with Gasteiger partial charge < -0.3 is 10.0 Å². The molecule has 0 radical (unpaired) electrons. The molecule has 2 heterocycles. The number of carbonyl (C=O) groups excluding carboxylic acids is 1. The van der Waals surface area contributed by atoms with Gasteiger partial charge in [-0.25, -0.2) is 0 Å². The summed E-state index contributed by atoms with van der Waals surface area (Å²) in [7, 11) is 0. The monoisotopic (exact) mass is 336 g/mol. The highest BCUT2D eigenvalue weighted by atomic mass is 35.5. The van der Waals surface area contributed by atoms with Crippen molar-refractivity contribution in [3.05, 3.63) is 34.3 Å². The molecule has 2 aliphatic heterocycles. The van der Waals surface area contributed by atoms with E-state index in [1.165, 1.54) is 5.56 Å². The summed E-state index contributed by atoms with van der Waals surface area (Å²) in [4.78, 5) is 27.2. The second kappa shape index (κ2) is 6.49. The Morgan fingerprint density at radius 2 is 2.17 bits per heavy atom. The number of hydrogen-bond acceptors (Lipinski definition) is 3. The third kappa shape index (κ3) is 3.35. The Morgan fingerprint density at radius 3 is 2.87 bits per heavy atom. The summed E-state index contributed by atoms with van der Waals surface area (Å²) >= 11 is 6.17. The maximum absolute atomic E-state index is 12.1. The normalized spacial score (nSPS) is 25.3. The van der Waals surface area contributed by atoms with Crippen molar-refractivity contribution in [1.82, 2.24) is 9.80 Å². The van der Waals surface area contributed by atoms with Crippen molar-refractivity contribution in [3.8, 4) is 0 Å². The molecule has 2 aliphatic rings. The zero-order valence-corrected chi connectivity index (χ0v) is 13.9. The summed E-state index contributed by atoms with van der Waals surface area (Å²) in [5.41, 5.74) is 2.30. The zero-order valence-electron chi connectivity index (χ0n) is 13.2. The first-order chi connectivity index (χ1) is 11.0. The Hall–Kier alpha value is -1.59. The second-order valence-electron chi connectivity index (χ2n) is 6.49. The average molecular weight is 337 g/mol. The van der Waals surface area contributed by atoms with E-state index in [1.54, 1.807) is 4.90 Å². The zero-order chi connectivity index (χ0) is 16.6. The van der Waals surface area contributed by atoms with E-state index in [0.717, 1.165) is 36.6 Å². The molecule has 2 saturated heterocycles. The molecular formula is C17H21ClN2O3. The van der Waals surface area contributed by atoms with Gasteiger partial charge in [-0.2, -0.15) is 0 Å². The third-order valence-corrected chi connectivity index (χ3v) is 5.38. The fourth-order valence-electron chi connectivity index (χ4n) is 3.52. The minimum atomic E-state index is -0.870. The lowest BCUT2D eigenvalue weighted by atomic mass is 10.1. The van der Waals surface area contributed by atoms with Crippen LogP contribution in [-0.4, -0.2) is 52.5 Å². The van der Waals surface area contributed by atoms with Gasteiger partial charge in [0.2, 0.25) is 5.91 Å². The van der Waals surface area contributed by atoms with Crippen molar-refractivity contribution in [1.29, 1.82) is 0 Å². The highest BCUT2D eigenvalue weighted by molar-refractivity contribution is 6.31. The lowest BCUT2D eigenvalue weighted by Gasteiger charge is -2.25. The molecule has 0 aromatic heterocycles. The van der Waals surface area contributed by atoms with Gasteiger partial charge in [0.1, 0.15) is 0 Å². The smallest absolute Gasteiger partial charge is 0.308 e. The van der Waals surface area contributed by atoms with Crippen LogP contribution in [0.2, 0.25) is 5.02 Å². The predicted octanol–water partition coefficient (Wildman–Crippen LogP) is 2.16. The van der Waals surface area contributed by atoms with Gasteiger partial charge in [0.15, 0.2) is 0 Å². The van der Waals surface area contributed by atoms with E-state index in [4.69, 9.17) is 16.7 Å². The Balaban J connectivity index is 1.62. The summed E-state index contributed by atoms with van der Waals surface area (Å²) in [6.45, 7) is 4.89. The van der Waals surface area contributed by atoms with Crippen LogP contribution in [0.1, 0.15) is 24.0 Å². The number of carboxylic acid groups (broad SMARTS) is 1. The molecule has 1 amide bonds. The highest BCUT2D eigenvalue weighted by Crippen LogP contribution is 2.27. The third-order valence-electron chi connectivity index (χ3n) is 4.97. The SMILES string of the molecule is Cc1c(Cl)cccc1CN1CCC(N2CC(C(=O)O)CC2=O)C1. The van der Waals surface area contributed by atoms with Crippen LogP contribution in [0.15, 0.2) is 18.2 Å². The van der Waals surface area contributed by atoms with E-state index in [9.17, 15) is 9.59 Å². The first-order valence-corrected chi connectivity index (χ1v) is 8.32. The highest BCUT2D eigenvalue weighted by Gasteiger charge is 2.40. The minimum Gasteiger partial charge on any atom is -0.481 e. The summed E-state index contributed by atoms with van der Waals surface area (Å²) < 4.78 is 0. The van der Waals surface area contributed by atoms with Crippen molar-refractivity contribution in [2.24, 2.45) is 5.92 Å². The van der Waals surface area contributed by atoms with Crippen LogP contribution in [-0.2, 0) is 16.1 Å².